The summed E-state index contributed by atoms with van der Waals surface area (Å²) in [5.41, 5.74) is 2.71. The zero-order valence-electron chi connectivity index (χ0n) is 18.9. The van der Waals surface area contributed by atoms with E-state index in [0.29, 0.717) is 19.5 Å². The molecule has 2 aromatic carbocycles. The van der Waals surface area contributed by atoms with E-state index in [1.807, 2.05) is 59.2 Å². The maximum atomic E-state index is 13.0. The van der Waals surface area contributed by atoms with Crippen molar-refractivity contribution in [3.63, 3.8) is 0 Å². The number of likely N-dealkylation sites (tertiary alicyclic amines) is 2. The minimum Gasteiger partial charge on any atom is -0.487 e. The number of piperidine rings is 1. The Morgan fingerprint density at radius 2 is 1.72 bits per heavy atom. The standard InChI is InChI=1S/C27H32N2O3/c1-20-7-6-8-21(17-20)26(31)29-15-11-27(12-16-29)19-22(18-25(30)28-13-4-5-14-28)23-9-2-3-10-24(23)32-27/h2-3,6-10,17,22H,4-5,11-16,18-19H2,1H3/t22-/m1/s1. The van der Waals surface area contributed by atoms with Crippen molar-refractivity contribution in [1.82, 2.24) is 9.80 Å². The third-order valence-corrected chi connectivity index (χ3v) is 7.41. The Balaban J connectivity index is 1.31. The van der Waals surface area contributed by atoms with Crippen LogP contribution < -0.4 is 4.74 Å². The third kappa shape index (κ3) is 4.13. The van der Waals surface area contributed by atoms with Gasteiger partial charge >= 0.3 is 0 Å². The zero-order chi connectivity index (χ0) is 22.1. The predicted octanol–water partition coefficient (Wildman–Crippen LogP) is 4.55. The first-order valence-electron chi connectivity index (χ1n) is 11.9. The van der Waals surface area contributed by atoms with Crippen LogP contribution in [-0.4, -0.2) is 53.4 Å². The lowest BCUT2D eigenvalue weighted by atomic mass is 9.76. The molecule has 0 unspecified atom stereocenters. The van der Waals surface area contributed by atoms with Gasteiger partial charge in [-0.2, -0.15) is 0 Å². The summed E-state index contributed by atoms with van der Waals surface area (Å²) < 4.78 is 6.59. The smallest absolute Gasteiger partial charge is 0.253 e. The summed E-state index contributed by atoms with van der Waals surface area (Å²) in [7, 11) is 0. The number of benzene rings is 2. The molecule has 0 aromatic heterocycles. The van der Waals surface area contributed by atoms with E-state index in [1.54, 1.807) is 0 Å². The summed E-state index contributed by atoms with van der Waals surface area (Å²) in [5.74, 6) is 1.45. The van der Waals surface area contributed by atoms with Crippen molar-refractivity contribution < 1.29 is 14.3 Å². The van der Waals surface area contributed by atoms with Gasteiger partial charge in [-0.3, -0.25) is 9.59 Å². The van der Waals surface area contributed by atoms with E-state index in [4.69, 9.17) is 4.74 Å². The number of hydrogen-bond donors (Lipinski definition) is 0. The van der Waals surface area contributed by atoms with Crippen molar-refractivity contribution in [2.24, 2.45) is 0 Å². The van der Waals surface area contributed by atoms with Gasteiger partial charge in [-0.05, 0) is 49.9 Å². The summed E-state index contributed by atoms with van der Waals surface area (Å²) in [6, 6.07) is 16.0. The van der Waals surface area contributed by atoms with Crippen molar-refractivity contribution in [3.8, 4) is 5.75 Å². The van der Waals surface area contributed by atoms with Crippen molar-refractivity contribution in [1.29, 1.82) is 0 Å². The number of aryl methyl sites for hydroxylation is 1. The summed E-state index contributed by atoms with van der Waals surface area (Å²) in [6.45, 7) is 5.16. The van der Waals surface area contributed by atoms with Crippen molar-refractivity contribution >= 4 is 11.8 Å². The number of fused-ring (bicyclic) bond motifs is 1. The maximum Gasteiger partial charge on any atom is 0.253 e. The highest BCUT2D eigenvalue weighted by Crippen LogP contribution is 2.46. The highest BCUT2D eigenvalue weighted by atomic mass is 16.5. The normalized spacial score (nSPS) is 21.8. The molecule has 2 saturated heterocycles. The van der Waals surface area contributed by atoms with Gasteiger partial charge in [0.05, 0.1) is 0 Å². The van der Waals surface area contributed by atoms with Crippen LogP contribution in [0.3, 0.4) is 0 Å². The average Bonchev–Trinajstić information content (AvgIpc) is 3.34. The minimum absolute atomic E-state index is 0.0977. The first-order chi connectivity index (χ1) is 15.5. The number of carbonyl (C=O) groups is 2. The molecule has 2 aromatic rings. The Kier molecular flexibility index (Phi) is 5.66. The molecule has 3 aliphatic rings. The molecular formula is C27H32N2O3. The lowest BCUT2D eigenvalue weighted by Crippen LogP contribution is -2.52. The second-order valence-corrected chi connectivity index (χ2v) is 9.68. The summed E-state index contributed by atoms with van der Waals surface area (Å²) >= 11 is 0. The molecule has 0 radical (unpaired) electrons. The monoisotopic (exact) mass is 432 g/mol. The van der Waals surface area contributed by atoms with Crippen molar-refractivity contribution in [2.45, 2.75) is 57.0 Å². The average molecular weight is 433 g/mol. The van der Waals surface area contributed by atoms with E-state index in [-0.39, 0.29) is 23.3 Å². The Hall–Kier alpha value is -2.82. The van der Waals surface area contributed by atoms with E-state index in [2.05, 4.69) is 6.07 Å². The number of hydrogen-bond acceptors (Lipinski definition) is 3. The Labute approximate surface area is 190 Å². The molecule has 1 atom stereocenters. The van der Waals surface area contributed by atoms with Gasteiger partial charge in [-0.25, -0.2) is 0 Å². The van der Waals surface area contributed by atoms with Crippen LogP contribution in [0.5, 0.6) is 5.75 Å². The minimum atomic E-state index is -0.298. The second kappa shape index (κ2) is 8.61. The van der Waals surface area contributed by atoms with Crippen LogP contribution in [0.15, 0.2) is 48.5 Å². The van der Waals surface area contributed by atoms with Crippen molar-refractivity contribution in [3.05, 3.63) is 65.2 Å². The van der Waals surface area contributed by atoms with Crippen LogP contribution in [0.1, 0.15) is 65.9 Å². The van der Waals surface area contributed by atoms with Gasteiger partial charge in [0.25, 0.3) is 5.91 Å². The van der Waals surface area contributed by atoms with Crippen molar-refractivity contribution in [2.75, 3.05) is 26.2 Å². The molecule has 0 aliphatic carbocycles. The number of carbonyl (C=O) groups excluding carboxylic acids is 2. The van der Waals surface area contributed by atoms with Gasteiger partial charge < -0.3 is 14.5 Å². The second-order valence-electron chi connectivity index (χ2n) is 9.68. The first kappa shape index (κ1) is 21.0. The van der Waals surface area contributed by atoms with Crippen LogP contribution in [0, 0.1) is 6.92 Å². The van der Waals surface area contributed by atoms with E-state index in [0.717, 1.165) is 67.6 Å². The Morgan fingerprint density at radius 3 is 2.47 bits per heavy atom. The molecule has 3 heterocycles. The summed E-state index contributed by atoms with van der Waals surface area (Å²) in [5, 5.41) is 0. The molecule has 0 bridgehead atoms. The van der Waals surface area contributed by atoms with E-state index in [9.17, 15) is 9.59 Å². The van der Waals surface area contributed by atoms with Crippen LogP contribution >= 0.6 is 0 Å². The molecule has 5 nitrogen and oxygen atoms in total. The zero-order valence-corrected chi connectivity index (χ0v) is 18.9. The fourth-order valence-electron chi connectivity index (χ4n) is 5.62. The van der Waals surface area contributed by atoms with Gasteiger partial charge in [0.2, 0.25) is 5.91 Å². The number of rotatable bonds is 3. The number of amides is 2. The molecule has 168 valence electrons. The highest BCUT2D eigenvalue weighted by Gasteiger charge is 2.44. The molecule has 0 saturated carbocycles. The van der Waals surface area contributed by atoms with Gasteiger partial charge in [0.1, 0.15) is 11.4 Å². The lowest BCUT2D eigenvalue weighted by molar-refractivity contribution is -0.131. The highest BCUT2D eigenvalue weighted by molar-refractivity contribution is 5.94. The molecule has 3 aliphatic heterocycles. The fourth-order valence-corrected chi connectivity index (χ4v) is 5.62. The molecule has 5 heteroatoms. The quantitative estimate of drug-likeness (QED) is 0.715. The fraction of sp³-hybridized carbons (Fsp3) is 0.481. The van der Waals surface area contributed by atoms with E-state index < -0.39 is 0 Å². The van der Waals surface area contributed by atoms with Crippen LogP contribution in [0.2, 0.25) is 0 Å². The van der Waals surface area contributed by atoms with Gasteiger partial charge in [0, 0.05) is 56.9 Å². The molecular weight excluding hydrogens is 400 g/mol. The number of para-hydroxylation sites is 1. The molecule has 2 fully saturated rings. The van der Waals surface area contributed by atoms with E-state index >= 15 is 0 Å². The van der Waals surface area contributed by atoms with Gasteiger partial charge in [0.15, 0.2) is 0 Å². The molecule has 32 heavy (non-hydrogen) atoms. The first-order valence-corrected chi connectivity index (χ1v) is 11.9. The van der Waals surface area contributed by atoms with Crippen LogP contribution in [-0.2, 0) is 4.79 Å². The molecule has 0 N–H and O–H groups in total. The van der Waals surface area contributed by atoms with Gasteiger partial charge in [-0.1, -0.05) is 35.9 Å². The Morgan fingerprint density at radius 1 is 0.969 bits per heavy atom. The van der Waals surface area contributed by atoms with Crippen LogP contribution in [0.4, 0.5) is 0 Å². The Bertz CT molecular complexity index is 1000. The van der Waals surface area contributed by atoms with Gasteiger partial charge in [-0.15, -0.1) is 0 Å². The number of ether oxygens (including phenoxy) is 1. The largest absolute Gasteiger partial charge is 0.487 e. The third-order valence-electron chi connectivity index (χ3n) is 7.41. The molecule has 2 amide bonds. The lowest BCUT2D eigenvalue weighted by Gasteiger charge is -2.47. The number of nitrogens with zero attached hydrogens (tertiary/aromatic N) is 2. The SMILES string of the molecule is Cc1cccc(C(=O)N2CCC3(CC2)C[C@@H](CC(=O)N2CCCC2)c2ccccc2O3)c1. The summed E-state index contributed by atoms with van der Waals surface area (Å²) in [6.07, 6.45) is 5.22. The molecule has 1 spiro atoms. The maximum absolute atomic E-state index is 13.0. The topological polar surface area (TPSA) is 49.9 Å². The predicted molar refractivity (Wildman–Crippen MR) is 124 cm³/mol. The summed E-state index contributed by atoms with van der Waals surface area (Å²) in [4.78, 5) is 29.9. The van der Waals surface area contributed by atoms with E-state index in [1.165, 1.54) is 0 Å². The van der Waals surface area contributed by atoms with Crippen LogP contribution in [0.25, 0.3) is 0 Å². The molecule has 5 rings (SSSR count).